The van der Waals surface area contributed by atoms with E-state index in [0.29, 0.717) is 25.1 Å². The van der Waals surface area contributed by atoms with Gasteiger partial charge in [-0.05, 0) is 37.1 Å². The highest BCUT2D eigenvalue weighted by molar-refractivity contribution is 6.12. The van der Waals surface area contributed by atoms with Crippen molar-refractivity contribution in [1.29, 1.82) is 0 Å². The van der Waals surface area contributed by atoms with E-state index < -0.39 is 17.3 Å². The largest absolute Gasteiger partial charge is 0.442 e. The minimum Gasteiger partial charge on any atom is -0.442 e. The van der Waals surface area contributed by atoms with Gasteiger partial charge >= 0.3 is 0 Å². The van der Waals surface area contributed by atoms with Crippen LogP contribution in [0.4, 0.5) is 10.1 Å². The number of halogens is 1. The summed E-state index contributed by atoms with van der Waals surface area (Å²) in [5.74, 6) is -0.774. The zero-order valence-corrected chi connectivity index (χ0v) is 14.4. The topological polar surface area (TPSA) is 89.2 Å². The Bertz CT molecular complexity index is 1100. The highest BCUT2D eigenvalue weighted by Crippen LogP contribution is 2.27. The third-order valence-electron chi connectivity index (χ3n) is 4.63. The van der Waals surface area contributed by atoms with E-state index in [2.05, 4.69) is 15.6 Å². The van der Waals surface area contributed by atoms with Crippen LogP contribution in [0.3, 0.4) is 0 Å². The summed E-state index contributed by atoms with van der Waals surface area (Å²) in [7, 11) is 1.54. The highest BCUT2D eigenvalue weighted by atomic mass is 19.1. The number of furan rings is 1. The number of rotatable bonds is 2. The van der Waals surface area contributed by atoms with Gasteiger partial charge in [0.1, 0.15) is 23.3 Å². The number of anilines is 1. The lowest BCUT2D eigenvalue weighted by atomic mass is 9.99. The van der Waals surface area contributed by atoms with Gasteiger partial charge in [-0.2, -0.15) is 0 Å². The predicted octanol–water partition coefficient (Wildman–Crippen LogP) is 1.87. The van der Waals surface area contributed by atoms with E-state index >= 15 is 0 Å². The summed E-state index contributed by atoms with van der Waals surface area (Å²) in [6, 6.07) is 3.33. The minimum absolute atomic E-state index is 0.0764. The summed E-state index contributed by atoms with van der Waals surface area (Å²) in [5, 5.41) is 5.84. The van der Waals surface area contributed by atoms with Crippen LogP contribution < -0.4 is 16.2 Å². The maximum Gasteiger partial charge on any atom is 0.265 e. The van der Waals surface area contributed by atoms with Crippen molar-refractivity contribution < 1.29 is 13.6 Å². The SMILES string of the molecule is Cc1oc2ncn(C)c(=O)c2c1C(=O)Nc1ccc2c(c1F)CCNC2. The molecule has 2 aromatic heterocycles. The van der Waals surface area contributed by atoms with Crippen LogP contribution in [0.25, 0.3) is 11.1 Å². The lowest BCUT2D eigenvalue weighted by molar-refractivity contribution is 0.102. The van der Waals surface area contributed by atoms with E-state index in [0.717, 1.165) is 5.56 Å². The number of fused-ring (bicyclic) bond motifs is 2. The zero-order valence-electron chi connectivity index (χ0n) is 14.4. The third-order valence-corrected chi connectivity index (χ3v) is 4.63. The molecule has 1 aliphatic rings. The second-order valence-electron chi connectivity index (χ2n) is 6.32. The van der Waals surface area contributed by atoms with Crippen molar-refractivity contribution in [2.24, 2.45) is 7.05 Å². The fraction of sp³-hybridized carbons (Fsp3) is 0.278. The van der Waals surface area contributed by atoms with Crippen molar-refractivity contribution in [1.82, 2.24) is 14.9 Å². The number of nitrogens with zero attached hydrogens (tertiary/aromatic N) is 2. The zero-order chi connectivity index (χ0) is 18.4. The van der Waals surface area contributed by atoms with Crippen LogP contribution in [0.5, 0.6) is 0 Å². The molecule has 4 rings (SSSR count). The fourth-order valence-electron chi connectivity index (χ4n) is 3.28. The Hall–Kier alpha value is -3.00. The molecule has 0 bridgehead atoms. The number of aryl methyl sites for hydroxylation is 2. The van der Waals surface area contributed by atoms with Crippen LogP contribution >= 0.6 is 0 Å². The van der Waals surface area contributed by atoms with Gasteiger partial charge in [0.2, 0.25) is 5.71 Å². The molecule has 0 aliphatic carbocycles. The molecule has 0 atom stereocenters. The molecule has 1 aromatic carbocycles. The van der Waals surface area contributed by atoms with E-state index in [1.165, 1.54) is 24.0 Å². The molecule has 3 aromatic rings. The first-order valence-electron chi connectivity index (χ1n) is 8.24. The molecule has 3 heterocycles. The molecule has 0 saturated carbocycles. The molecule has 134 valence electrons. The van der Waals surface area contributed by atoms with Crippen molar-refractivity contribution in [2.75, 3.05) is 11.9 Å². The summed E-state index contributed by atoms with van der Waals surface area (Å²) < 4.78 is 21.5. The van der Waals surface area contributed by atoms with Gasteiger partial charge in [-0.1, -0.05) is 6.07 Å². The maximum absolute atomic E-state index is 14.8. The number of nitrogens with one attached hydrogen (secondary N) is 2. The monoisotopic (exact) mass is 356 g/mol. The van der Waals surface area contributed by atoms with E-state index in [1.54, 1.807) is 13.0 Å². The van der Waals surface area contributed by atoms with Crippen LogP contribution in [-0.2, 0) is 20.0 Å². The van der Waals surface area contributed by atoms with Crippen molar-refractivity contribution >= 4 is 22.7 Å². The first-order valence-corrected chi connectivity index (χ1v) is 8.24. The summed E-state index contributed by atoms with van der Waals surface area (Å²) in [5.41, 5.74) is 1.35. The number of hydrogen-bond acceptors (Lipinski definition) is 5. The lowest BCUT2D eigenvalue weighted by Crippen LogP contribution is -2.25. The molecule has 0 spiro atoms. The number of carbonyl (C=O) groups excluding carboxylic acids is 1. The molecule has 2 N–H and O–H groups in total. The molecule has 7 nitrogen and oxygen atoms in total. The Kier molecular flexibility index (Phi) is 3.84. The van der Waals surface area contributed by atoms with E-state index in [4.69, 9.17) is 4.42 Å². The van der Waals surface area contributed by atoms with Crippen LogP contribution in [0.15, 0.2) is 27.7 Å². The Morgan fingerprint density at radius 2 is 2.23 bits per heavy atom. The van der Waals surface area contributed by atoms with Crippen LogP contribution in [0, 0.1) is 12.7 Å². The lowest BCUT2D eigenvalue weighted by Gasteiger charge is -2.19. The molecule has 26 heavy (non-hydrogen) atoms. The van der Waals surface area contributed by atoms with Gasteiger partial charge in [-0.15, -0.1) is 0 Å². The Balaban J connectivity index is 1.76. The highest BCUT2D eigenvalue weighted by Gasteiger charge is 2.24. The van der Waals surface area contributed by atoms with Gasteiger partial charge in [-0.25, -0.2) is 9.37 Å². The Labute approximate surface area is 147 Å². The summed E-state index contributed by atoms with van der Waals surface area (Å²) >= 11 is 0. The van der Waals surface area contributed by atoms with Crippen LogP contribution in [0.1, 0.15) is 27.2 Å². The first-order chi connectivity index (χ1) is 12.5. The van der Waals surface area contributed by atoms with E-state index in [9.17, 15) is 14.0 Å². The van der Waals surface area contributed by atoms with Crippen molar-refractivity contribution in [3.63, 3.8) is 0 Å². The smallest absolute Gasteiger partial charge is 0.265 e. The summed E-state index contributed by atoms with van der Waals surface area (Å²) in [6.45, 7) is 2.87. The average molecular weight is 356 g/mol. The van der Waals surface area contributed by atoms with Crippen molar-refractivity contribution in [2.45, 2.75) is 19.9 Å². The number of hydrogen-bond donors (Lipinski definition) is 2. The number of benzene rings is 1. The Morgan fingerprint density at radius 3 is 3.04 bits per heavy atom. The molecule has 0 unspecified atom stereocenters. The molecular weight excluding hydrogens is 339 g/mol. The summed E-state index contributed by atoms with van der Waals surface area (Å²) in [6.07, 6.45) is 1.88. The number of aromatic nitrogens is 2. The van der Waals surface area contributed by atoms with Crippen molar-refractivity contribution in [3.8, 4) is 0 Å². The average Bonchev–Trinajstić information content (AvgIpc) is 2.98. The maximum atomic E-state index is 14.8. The molecule has 0 fully saturated rings. The molecule has 8 heteroatoms. The van der Waals surface area contributed by atoms with E-state index in [1.807, 2.05) is 0 Å². The van der Waals surface area contributed by atoms with Gasteiger partial charge in [-0.3, -0.25) is 9.59 Å². The molecular formula is C18H17FN4O3. The van der Waals surface area contributed by atoms with Crippen LogP contribution in [-0.4, -0.2) is 22.0 Å². The predicted molar refractivity (Wildman–Crippen MR) is 93.8 cm³/mol. The normalized spacial score (nSPS) is 13.7. The van der Waals surface area contributed by atoms with Gasteiger partial charge in [0.05, 0.1) is 11.3 Å². The quantitative estimate of drug-likeness (QED) is 0.732. The van der Waals surface area contributed by atoms with Crippen molar-refractivity contribution in [3.05, 3.63) is 57.1 Å². The van der Waals surface area contributed by atoms with Gasteiger partial charge in [0, 0.05) is 13.6 Å². The Morgan fingerprint density at radius 1 is 1.42 bits per heavy atom. The minimum atomic E-state index is -0.598. The number of amides is 1. The number of carbonyl (C=O) groups is 1. The van der Waals surface area contributed by atoms with Gasteiger partial charge in [0.15, 0.2) is 0 Å². The van der Waals surface area contributed by atoms with E-state index in [-0.39, 0.29) is 28.1 Å². The molecule has 1 aliphatic heterocycles. The molecule has 0 saturated heterocycles. The molecule has 0 radical (unpaired) electrons. The molecule has 1 amide bonds. The fourth-order valence-corrected chi connectivity index (χ4v) is 3.28. The summed E-state index contributed by atoms with van der Waals surface area (Å²) in [4.78, 5) is 29.2. The first kappa shape index (κ1) is 16.5. The van der Waals surface area contributed by atoms with Gasteiger partial charge < -0.3 is 19.6 Å². The second kappa shape index (κ2) is 6.06. The van der Waals surface area contributed by atoms with Crippen LogP contribution in [0.2, 0.25) is 0 Å². The standard InChI is InChI=1S/C18H17FN4O3/c1-9-13(14-17(26-9)21-8-23(2)18(14)25)16(24)22-12-4-3-10-7-20-6-5-11(10)15(12)19/h3-4,8,20H,5-7H2,1-2H3,(H,22,24). The second-order valence-corrected chi connectivity index (χ2v) is 6.32. The van der Waals surface area contributed by atoms with Gasteiger partial charge in [0.25, 0.3) is 11.5 Å². The third kappa shape index (κ3) is 2.50.